The fraction of sp³-hybridized carbons (Fsp3) is 0. The molecule has 0 saturated carbocycles. The summed E-state index contributed by atoms with van der Waals surface area (Å²) in [5.74, 6) is 0. The Bertz CT molecular complexity index is 5610. The maximum atomic E-state index is 6.01. The molecule has 5 aromatic carbocycles. The number of halogens is 7. The molecule has 0 amide bonds. The van der Waals surface area contributed by atoms with E-state index in [2.05, 4.69) is 108 Å². The number of hydrogen-bond acceptors (Lipinski definition) is 19. The van der Waals surface area contributed by atoms with E-state index in [-0.39, 0.29) is 15.9 Å². The third-order valence-corrected chi connectivity index (χ3v) is 15.6. The molecule has 0 fully saturated rings. The monoisotopic (exact) mass is 1460 g/mol. The van der Waals surface area contributed by atoms with E-state index in [9.17, 15) is 0 Å². The molecule has 100 heavy (non-hydrogen) atoms. The van der Waals surface area contributed by atoms with E-state index < -0.39 is 0 Å². The molecule has 19 aromatic rings. The Morgan fingerprint density at radius 3 is 1.28 bits per heavy atom. The Morgan fingerprint density at radius 1 is 0.230 bits per heavy atom. The minimum atomic E-state index is 0.183. The van der Waals surface area contributed by atoms with Gasteiger partial charge in [0.2, 0.25) is 50.1 Å². The van der Waals surface area contributed by atoms with E-state index in [4.69, 9.17) is 112 Å². The van der Waals surface area contributed by atoms with Crippen LogP contribution in [-0.2, 0) is 0 Å². The van der Waals surface area contributed by atoms with Gasteiger partial charge in [0.1, 0.15) is 32.1 Å². The van der Waals surface area contributed by atoms with Crippen LogP contribution in [0, 0.1) is 0 Å². The molecule has 0 radical (unpaired) electrons. The van der Waals surface area contributed by atoms with E-state index in [1.807, 2.05) is 127 Å². The molecule has 490 valence electrons. The third-order valence-electron chi connectivity index (χ3n) is 14.3. The zero-order valence-electron chi connectivity index (χ0n) is 51.2. The second kappa shape index (κ2) is 31.9. The summed E-state index contributed by atoms with van der Waals surface area (Å²) in [5.41, 5.74) is 15.2. The third kappa shape index (κ3) is 16.8. The van der Waals surface area contributed by atoms with Crippen LogP contribution in [0.3, 0.4) is 0 Å². The van der Waals surface area contributed by atoms with Gasteiger partial charge < -0.3 is 30.9 Å². The smallest absolute Gasteiger partial charge is 0.246 e. The quantitative estimate of drug-likeness (QED) is 0.115. The molecule has 19 nitrogen and oxygen atoms in total. The van der Waals surface area contributed by atoms with E-state index in [1.54, 1.807) is 61.8 Å². The van der Waals surface area contributed by atoms with Gasteiger partial charge in [-0.1, -0.05) is 180 Å². The summed E-state index contributed by atoms with van der Waals surface area (Å²) in [6, 6.07) is 64.7. The number of nitrogens with zero attached hydrogens (tertiary/aromatic N) is 12. The summed E-state index contributed by atoms with van der Waals surface area (Å²) >= 11 is 40.1. The maximum Gasteiger partial charge on any atom is 0.246 e. The molecule has 0 N–H and O–H groups in total. The van der Waals surface area contributed by atoms with Crippen molar-refractivity contribution in [2.75, 3.05) is 0 Å². The van der Waals surface area contributed by atoms with E-state index in [1.165, 1.54) is 30.5 Å². The van der Waals surface area contributed by atoms with Crippen LogP contribution in [0.2, 0.25) is 36.5 Å². The van der Waals surface area contributed by atoms with Crippen molar-refractivity contribution in [3.05, 3.63) is 299 Å². The van der Waals surface area contributed by atoms with Gasteiger partial charge in [-0.15, -0.1) is 0 Å². The number of pyridine rings is 2. The molecule has 0 bridgehead atoms. The minimum Gasteiger partial charge on any atom is -0.464 e. The zero-order valence-corrected chi connectivity index (χ0v) is 56.5. The van der Waals surface area contributed by atoms with Gasteiger partial charge in [-0.3, -0.25) is 0 Å². The van der Waals surface area contributed by atoms with Gasteiger partial charge >= 0.3 is 0 Å². The molecule has 26 heteroatoms. The first-order chi connectivity index (χ1) is 48.9. The van der Waals surface area contributed by atoms with Crippen molar-refractivity contribution < 1.29 is 30.9 Å². The molecule has 14 heterocycles. The first-order valence-electron chi connectivity index (χ1n) is 29.7. The van der Waals surface area contributed by atoms with E-state index in [0.29, 0.717) is 60.4 Å². The van der Waals surface area contributed by atoms with Gasteiger partial charge in [0.25, 0.3) is 0 Å². The molecule has 0 aliphatic rings. The van der Waals surface area contributed by atoms with Gasteiger partial charge in [-0.2, -0.15) is 19.9 Å². The van der Waals surface area contributed by atoms with Crippen LogP contribution < -0.4 is 0 Å². The minimum absolute atomic E-state index is 0.183. The van der Waals surface area contributed by atoms with Gasteiger partial charge in [0.05, 0.1) is 89.5 Å². The van der Waals surface area contributed by atoms with Gasteiger partial charge in [-0.25, -0.2) is 39.9 Å². The molecule has 0 aliphatic carbocycles. The highest BCUT2D eigenvalue weighted by Gasteiger charge is 2.15. The lowest BCUT2D eigenvalue weighted by Crippen LogP contribution is -1.89. The summed E-state index contributed by atoms with van der Waals surface area (Å²) in [7, 11) is 0. The largest absolute Gasteiger partial charge is 0.464 e. The molecule has 0 unspecified atom stereocenters. The second-order valence-corrected chi connectivity index (χ2v) is 23.3. The summed E-state index contributed by atoms with van der Waals surface area (Å²) in [5, 5.41) is 6.76. The number of benzene rings is 5. The standard InChI is InChI=1S/2C18H11ClN2O.C12H7ClN2O.2C7H4ClNO.2C6H3ClN2O/c19-18-20-16(15-9-10-22-17(15)21-18)14-8-4-7-13(11-14)12-5-2-1-3-6-12;19-18-20-16(15-10-11-22-17(15)21-18)14-8-6-13(7-9-14)12-4-2-1-3-5-12;13-12-14-10(8-4-2-1-3-5-8)9-6-7-16-11(9)15-12;8-7-3-6-5(4-9-7)1-2-10-6;8-6-2-1-5-3-4-10-7(5)9-6;7-5-3-8-6-4(9-5)1-2-10-6;7-5-3-8-4-1-2-10-6(4)9-5/h2*1-11H;1-7H;2*1-4H;2*1-3H. The SMILES string of the molecule is Clc1cc2occc2cn1.Clc1ccc2ccoc2n1.Clc1cnc2ccoc2n1.Clc1cnc2occc2n1.Clc1nc(-c2ccc(-c3ccccc3)cc2)c2ccoc2n1.Clc1nc(-c2cccc(-c3ccccc3)c2)c2ccoc2n1.Clc1nc(-c2ccccc2)c2ccoc2n1. The van der Waals surface area contributed by atoms with Crippen molar-refractivity contribution in [3.8, 4) is 56.0 Å². The fourth-order valence-electron chi connectivity index (χ4n) is 9.78. The Labute approximate surface area is 600 Å². The topological polar surface area (TPSA) is 247 Å². The molecule has 14 aromatic heterocycles. The zero-order chi connectivity index (χ0) is 68.7. The Morgan fingerprint density at radius 2 is 0.660 bits per heavy atom. The predicted molar refractivity (Wildman–Crippen MR) is 389 cm³/mol. The number of hydrogen-bond donors (Lipinski definition) is 0. The normalized spacial score (nSPS) is 10.8. The van der Waals surface area contributed by atoms with Crippen molar-refractivity contribution in [3.63, 3.8) is 0 Å². The van der Waals surface area contributed by atoms with E-state index in [0.717, 1.165) is 88.5 Å². The Hall–Kier alpha value is -11.4. The van der Waals surface area contributed by atoms with Crippen LogP contribution in [0.15, 0.2) is 294 Å². The first-order valence-corrected chi connectivity index (χ1v) is 32.4. The number of aromatic nitrogens is 12. The Kier molecular flexibility index (Phi) is 21.4. The molecular formula is C74H43Cl7N12O7. The van der Waals surface area contributed by atoms with Crippen LogP contribution in [0.5, 0.6) is 0 Å². The fourth-order valence-corrected chi connectivity index (χ4v) is 10.8. The first kappa shape index (κ1) is 67.2. The Balaban J connectivity index is 0.000000108. The highest BCUT2D eigenvalue weighted by molar-refractivity contribution is 6.31. The summed E-state index contributed by atoms with van der Waals surface area (Å²) in [6.07, 6.45) is 15.7. The van der Waals surface area contributed by atoms with Gasteiger partial charge in [-0.05, 0) is 106 Å². The molecule has 19 rings (SSSR count). The van der Waals surface area contributed by atoms with Crippen molar-refractivity contribution in [2.24, 2.45) is 0 Å². The number of rotatable bonds is 5. The van der Waals surface area contributed by atoms with E-state index >= 15 is 0 Å². The molecule has 0 saturated heterocycles. The van der Waals surface area contributed by atoms with Crippen LogP contribution in [0.25, 0.3) is 134 Å². The average molecular weight is 1460 g/mol. The van der Waals surface area contributed by atoms with Gasteiger partial charge in [0, 0.05) is 51.9 Å². The van der Waals surface area contributed by atoms with Crippen molar-refractivity contribution in [1.29, 1.82) is 0 Å². The van der Waals surface area contributed by atoms with Crippen LogP contribution in [0.4, 0.5) is 0 Å². The van der Waals surface area contributed by atoms with Gasteiger partial charge in [0.15, 0.2) is 5.15 Å². The number of fused-ring (bicyclic) bond motifs is 7. The van der Waals surface area contributed by atoms with Crippen LogP contribution >= 0.6 is 81.2 Å². The van der Waals surface area contributed by atoms with Crippen molar-refractivity contribution >= 4 is 159 Å². The number of furan rings is 7. The van der Waals surface area contributed by atoms with Crippen LogP contribution in [0.1, 0.15) is 0 Å². The lowest BCUT2D eigenvalue weighted by atomic mass is 10.0. The highest BCUT2D eigenvalue weighted by Crippen LogP contribution is 2.34. The summed E-state index contributed by atoms with van der Waals surface area (Å²) in [6.45, 7) is 0. The lowest BCUT2D eigenvalue weighted by Gasteiger charge is -2.06. The molecular weight excluding hydrogens is 1420 g/mol. The molecule has 0 aliphatic heterocycles. The highest BCUT2D eigenvalue weighted by atomic mass is 35.5. The maximum absolute atomic E-state index is 6.01. The van der Waals surface area contributed by atoms with Crippen molar-refractivity contribution in [2.45, 2.75) is 0 Å². The van der Waals surface area contributed by atoms with Crippen molar-refractivity contribution in [1.82, 2.24) is 59.8 Å². The molecule has 0 atom stereocenters. The van der Waals surface area contributed by atoms with Crippen LogP contribution in [-0.4, -0.2) is 59.8 Å². The second-order valence-electron chi connectivity index (χ2n) is 20.7. The summed E-state index contributed by atoms with van der Waals surface area (Å²) in [4.78, 5) is 48.6. The average Bonchev–Trinajstić information content (AvgIpc) is 1.48. The summed E-state index contributed by atoms with van der Waals surface area (Å²) < 4.78 is 35.8. The predicted octanol–water partition coefficient (Wildman–Crippen LogP) is 22.7. The molecule has 0 spiro atoms. The lowest BCUT2D eigenvalue weighted by molar-refractivity contribution is 0.602.